The van der Waals surface area contributed by atoms with Crippen LogP contribution in [0, 0.1) is 0 Å². The van der Waals surface area contributed by atoms with Crippen LogP contribution in [-0.2, 0) is 4.79 Å². The van der Waals surface area contributed by atoms with E-state index < -0.39 is 0 Å². The Kier molecular flexibility index (Phi) is 7.85. The van der Waals surface area contributed by atoms with Gasteiger partial charge in [-0.1, -0.05) is 32.0 Å². The molecular weight excluding hydrogens is 472 g/mol. The second-order valence-corrected chi connectivity index (χ2v) is 9.59. The maximum Gasteiger partial charge on any atom is 0.264 e. The first kappa shape index (κ1) is 25.2. The molecule has 0 saturated carbocycles. The highest BCUT2D eigenvalue weighted by Gasteiger charge is 2.20. The standard InChI is InChI=1S/C28H30N4O3S/c1-5-31(27(34)25-7-6-16-36-25)18-26(33)30-28-29-24(21-10-14-23(35-4)15-11-21)17-32(28)22-12-8-20(9-13-22)19(2)3/h6-17,19H,5,18H2,1-4H3,(H,29,30,33). The van der Waals surface area contributed by atoms with Gasteiger partial charge in [-0.2, -0.15) is 0 Å². The van der Waals surface area contributed by atoms with E-state index in [1.54, 1.807) is 13.2 Å². The van der Waals surface area contributed by atoms with Gasteiger partial charge in [-0.15, -0.1) is 11.3 Å². The maximum absolute atomic E-state index is 13.0. The van der Waals surface area contributed by atoms with Crippen LogP contribution in [0.1, 0.15) is 41.9 Å². The van der Waals surface area contributed by atoms with Gasteiger partial charge in [0.15, 0.2) is 0 Å². The third-order valence-electron chi connectivity index (χ3n) is 5.92. The number of carbonyl (C=O) groups excluding carboxylic acids is 2. The lowest BCUT2D eigenvalue weighted by Crippen LogP contribution is -2.37. The van der Waals surface area contributed by atoms with Gasteiger partial charge in [0.05, 0.1) is 17.7 Å². The van der Waals surface area contributed by atoms with E-state index in [1.165, 1.54) is 21.8 Å². The van der Waals surface area contributed by atoms with Crippen LogP contribution < -0.4 is 10.1 Å². The van der Waals surface area contributed by atoms with Crippen molar-refractivity contribution in [1.29, 1.82) is 0 Å². The monoisotopic (exact) mass is 502 g/mol. The topological polar surface area (TPSA) is 76.5 Å². The fourth-order valence-corrected chi connectivity index (χ4v) is 4.50. The van der Waals surface area contributed by atoms with E-state index in [1.807, 2.05) is 65.5 Å². The van der Waals surface area contributed by atoms with E-state index in [-0.39, 0.29) is 18.4 Å². The molecule has 36 heavy (non-hydrogen) atoms. The van der Waals surface area contributed by atoms with Crippen LogP contribution in [0.5, 0.6) is 5.75 Å². The number of nitrogens with zero attached hydrogens (tertiary/aromatic N) is 3. The van der Waals surface area contributed by atoms with Crippen molar-refractivity contribution in [3.8, 4) is 22.7 Å². The van der Waals surface area contributed by atoms with Crippen molar-refractivity contribution in [1.82, 2.24) is 14.5 Å². The van der Waals surface area contributed by atoms with Crippen LogP contribution in [0.4, 0.5) is 5.95 Å². The summed E-state index contributed by atoms with van der Waals surface area (Å²) < 4.78 is 7.13. The average molecular weight is 503 g/mol. The van der Waals surface area contributed by atoms with Gasteiger partial charge in [-0.25, -0.2) is 4.98 Å². The predicted molar refractivity (Wildman–Crippen MR) is 144 cm³/mol. The van der Waals surface area contributed by atoms with E-state index in [2.05, 4.69) is 31.3 Å². The number of thiophene rings is 1. The fraction of sp³-hybridized carbons (Fsp3) is 0.250. The highest BCUT2D eigenvalue weighted by molar-refractivity contribution is 7.12. The molecule has 2 amide bonds. The van der Waals surface area contributed by atoms with Gasteiger partial charge in [0, 0.05) is 24.0 Å². The minimum absolute atomic E-state index is 0.0652. The van der Waals surface area contributed by atoms with E-state index in [9.17, 15) is 9.59 Å². The molecule has 0 unspecified atom stereocenters. The summed E-state index contributed by atoms with van der Waals surface area (Å²) >= 11 is 1.36. The van der Waals surface area contributed by atoms with Gasteiger partial charge in [-0.05, 0) is 66.2 Å². The van der Waals surface area contributed by atoms with Crippen LogP contribution in [0.2, 0.25) is 0 Å². The normalized spacial score (nSPS) is 10.9. The number of imidazole rings is 1. The highest BCUT2D eigenvalue weighted by Crippen LogP contribution is 2.27. The Bertz CT molecular complexity index is 1310. The van der Waals surface area contributed by atoms with Crippen LogP contribution in [0.25, 0.3) is 16.9 Å². The first-order valence-corrected chi connectivity index (χ1v) is 12.7. The molecule has 0 saturated heterocycles. The Morgan fingerprint density at radius 3 is 2.39 bits per heavy atom. The Morgan fingerprint density at radius 2 is 1.81 bits per heavy atom. The second-order valence-electron chi connectivity index (χ2n) is 8.64. The third-order valence-corrected chi connectivity index (χ3v) is 6.77. The lowest BCUT2D eigenvalue weighted by molar-refractivity contribution is -0.116. The number of amides is 2. The summed E-state index contributed by atoms with van der Waals surface area (Å²) in [4.78, 5) is 32.7. The van der Waals surface area contributed by atoms with Crippen LogP contribution in [0.3, 0.4) is 0 Å². The lowest BCUT2D eigenvalue weighted by Gasteiger charge is -2.19. The van der Waals surface area contributed by atoms with Crippen molar-refractivity contribution < 1.29 is 14.3 Å². The Labute approximate surface area is 215 Å². The Morgan fingerprint density at radius 1 is 1.08 bits per heavy atom. The zero-order chi connectivity index (χ0) is 25.7. The molecule has 1 N–H and O–H groups in total. The largest absolute Gasteiger partial charge is 0.497 e. The van der Waals surface area contributed by atoms with E-state index in [0.717, 1.165) is 17.0 Å². The van der Waals surface area contributed by atoms with Crippen molar-refractivity contribution in [2.75, 3.05) is 25.5 Å². The molecule has 8 heteroatoms. The number of likely N-dealkylation sites (N-methyl/N-ethyl adjacent to an activating group) is 1. The van der Waals surface area contributed by atoms with Crippen molar-refractivity contribution >= 4 is 29.1 Å². The molecule has 4 rings (SSSR count). The Hall–Kier alpha value is -3.91. The predicted octanol–water partition coefficient (Wildman–Crippen LogP) is 5.83. The number of hydrogen-bond donors (Lipinski definition) is 1. The van der Waals surface area contributed by atoms with Gasteiger partial charge < -0.3 is 9.64 Å². The number of methoxy groups -OCH3 is 1. The minimum atomic E-state index is -0.311. The number of hydrogen-bond acceptors (Lipinski definition) is 5. The molecule has 0 radical (unpaired) electrons. The van der Waals surface area contributed by atoms with Crippen molar-refractivity contribution in [2.45, 2.75) is 26.7 Å². The quantitative estimate of drug-likeness (QED) is 0.312. The van der Waals surface area contributed by atoms with Gasteiger partial charge >= 0.3 is 0 Å². The summed E-state index contributed by atoms with van der Waals surface area (Å²) in [5.74, 6) is 1.09. The molecule has 0 spiro atoms. The number of carbonyl (C=O) groups is 2. The van der Waals surface area contributed by atoms with E-state index in [0.29, 0.717) is 29.0 Å². The average Bonchev–Trinajstić information content (AvgIpc) is 3.58. The smallest absolute Gasteiger partial charge is 0.264 e. The van der Waals surface area contributed by atoms with Gasteiger partial charge in [0.25, 0.3) is 5.91 Å². The van der Waals surface area contributed by atoms with Crippen LogP contribution >= 0.6 is 11.3 Å². The zero-order valence-electron chi connectivity index (χ0n) is 20.9. The highest BCUT2D eigenvalue weighted by atomic mass is 32.1. The Balaban J connectivity index is 1.62. The SMILES string of the molecule is CCN(CC(=O)Nc1nc(-c2ccc(OC)cc2)cn1-c1ccc(C(C)C)cc1)C(=O)c1cccs1. The summed E-state index contributed by atoms with van der Waals surface area (Å²) in [6, 6.07) is 19.4. The molecule has 0 aliphatic rings. The summed E-state index contributed by atoms with van der Waals surface area (Å²) in [7, 11) is 1.63. The van der Waals surface area contributed by atoms with E-state index >= 15 is 0 Å². The zero-order valence-corrected chi connectivity index (χ0v) is 21.7. The van der Waals surface area contributed by atoms with Gasteiger partial charge in [0.1, 0.15) is 12.3 Å². The van der Waals surface area contributed by atoms with Crippen LogP contribution in [0.15, 0.2) is 72.2 Å². The number of nitrogens with one attached hydrogen (secondary N) is 1. The van der Waals surface area contributed by atoms with Crippen molar-refractivity contribution in [3.05, 3.63) is 82.7 Å². The van der Waals surface area contributed by atoms with Crippen LogP contribution in [-0.4, -0.2) is 46.5 Å². The maximum atomic E-state index is 13.0. The van der Waals surface area contributed by atoms with Crippen molar-refractivity contribution in [2.24, 2.45) is 0 Å². The van der Waals surface area contributed by atoms with E-state index in [4.69, 9.17) is 9.72 Å². The molecule has 0 aliphatic heterocycles. The molecule has 4 aromatic rings. The number of ether oxygens (including phenoxy) is 1. The number of anilines is 1. The second kappa shape index (κ2) is 11.2. The number of aromatic nitrogens is 2. The number of benzene rings is 2. The molecule has 2 aromatic carbocycles. The summed E-state index contributed by atoms with van der Waals surface area (Å²) in [5, 5.41) is 4.77. The molecule has 2 heterocycles. The van der Waals surface area contributed by atoms with Gasteiger partial charge in [-0.3, -0.25) is 19.5 Å². The summed E-state index contributed by atoms with van der Waals surface area (Å²) in [6.07, 6.45) is 1.90. The number of rotatable bonds is 9. The summed E-state index contributed by atoms with van der Waals surface area (Å²) in [5.41, 5.74) is 3.71. The fourth-order valence-electron chi connectivity index (χ4n) is 3.81. The summed E-state index contributed by atoms with van der Waals surface area (Å²) in [6.45, 7) is 6.52. The third kappa shape index (κ3) is 5.66. The van der Waals surface area contributed by atoms with Gasteiger partial charge in [0.2, 0.25) is 11.9 Å². The molecule has 2 aromatic heterocycles. The molecule has 186 valence electrons. The molecule has 0 atom stereocenters. The molecule has 0 aliphatic carbocycles. The molecule has 0 fully saturated rings. The molecular formula is C28H30N4O3S. The first-order valence-electron chi connectivity index (χ1n) is 11.9. The molecule has 0 bridgehead atoms. The first-order chi connectivity index (χ1) is 17.4. The van der Waals surface area contributed by atoms with Crippen molar-refractivity contribution in [3.63, 3.8) is 0 Å². The molecule has 7 nitrogen and oxygen atoms in total. The lowest BCUT2D eigenvalue weighted by atomic mass is 10.0. The minimum Gasteiger partial charge on any atom is -0.497 e.